The van der Waals surface area contributed by atoms with E-state index in [1.807, 2.05) is 36.4 Å². The Bertz CT molecular complexity index is 598. The van der Waals surface area contributed by atoms with Gasteiger partial charge in [-0.15, -0.1) is 0 Å². The van der Waals surface area contributed by atoms with E-state index in [2.05, 4.69) is 36.3 Å². The first kappa shape index (κ1) is 15.3. The molecule has 0 spiro atoms. The lowest BCUT2D eigenvalue weighted by atomic mass is 9.92. The summed E-state index contributed by atoms with van der Waals surface area (Å²) in [6, 6.07) is 11.0. The molecule has 1 atom stereocenters. The van der Waals surface area contributed by atoms with E-state index < -0.39 is 6.04 Å². The number of benzene rings is 1. The molecule has 0 aliphatic rings. The number of nitrogens with one attached hydrogen (secondary N) is 2. The molecule has 21 heavy (non-hydrogen) atoms. The second-order valence-corrected chi connectivity index (χ2v) is 6.20. The van der Waals surface area contributed by atoms with Crippen molar-refractivity contribution in [2.24, 2.45) is 5.73 Å². The summed E-state index contributed by atoms with van der Waals surface area (Å²) in [5.74, 6) is 0.277. The molecule has 0 fully saturated rings. The van der Waals surface area contributed by atoms with Gasteiger partial charge in [-0.25, -0.2) is 0 Å². The van der Waals surface area contributed by atoms with E-state index >= 15 is 0 Å². The first-order valence-corrected chi connectivity index (χ1v) is 7.02. The molecule has 5 nitrogen and oxygen atoms in total. The lowest BCUT2D eigenvalue weighted by Gasteiger charge is -2.14. The second-order valence-electron chi connectivity index (χ2n) is 6.20. The zero-order valence-corrected chi connectivity index (χ0v) is 12.7. The highest BCUT2D eigenvalue weighted by atomic mass is 16.2. The first-order chi connectivity index (χ1) is 9.86. The van der Waals surface area contributed by atoms with E-state index in [9.17, 15) is 4.79 Å². The van der Waals surface area contributed by atoms with Gasteiger partial charge in [0, 0.05) is 17.2 Å². The zero-order valence-electron chi connectivity index (χ0n) is 12.7. The van der Waals surface area contributed by atoms with Crippen LogP contribution in [0.1, 0.15) is 32.0 Å². The monoisotopic (exact) mass is 286 g/mol. The molecule has 0 aliphatic heterocycles. The Morgan fingerprint density at radius 3 is 2.57 bits per heavy atom. The summed E-state index contributed by atoms with van der Waals surface area (Å²) < 4.78 is 0. The van der Waals surface area contributed by atoms with Crippen LogP contribution in [-0.4, -0.2) is 22.1 Å². The average Bonchev–Trinajstić information content (AvgIpc) is 2.88. The molecule has 5 heteroatoms. The number of hydrogen-bond acceptors (Lipinski definition) is 3. The Morgan fingerprint density at radius 1 is 1.33 bits per heavy atom. The molecule has 2 aromatic rings. The number of nitrogens with zero attached hydrogens (tertiary/aromatic N) is 1. The van der Waals surface area contributed by atoms with E-state index in [4.69, 9.17) is 5.73 Å². The number of amides is 1. The summed E-state index contributed by atoms with van der Waals surface area (Å²) in [6.45, 7) is 6.23. The minimum Gasteiger partial charge on any atom is -0.320 e. The SMILES string of the molecule is CC(C)(C)c1cc(NC(=O)[C@H](N)Cc2ccccc2)n[nH]1. The Morgan fingerprint density at radius 2 is 2.00 bits per heavy atom. The summed E-state index contributed by atoms with van der Waals surface area (Å²) in [5.41, 5.74) is 7.91. The quantitative estimate of drug-likeness (QED) is 0.805. The van der Waals surface area contributed by atoms with Crippen molar-refractivity contribution in [3.8, 4) is 0 Å². The van der Waals surface area contributed by atoms with Crippen molar-refractivity contribution in [2.75, 3.05) is 5.32 Å². The van der Waals surface area contributed by atoms with Crippen molar-refractivity contribution < 1.29 is 4.79 Å². The summed E-state index contributed by atoms with van der Waals surface area (Å²) in [7, 11) is 0. The van der Waals surface area contributed by atoms with Gasteiger partial charge in [0.1, 0.15) is 0 Å². The predicted molar refractivity (Wildman–Crippen MR) is 84.0 cm³/mol. The van der Waals surface area contributed by atoms with E-state index in [0.717, 1.165) is 11.3 Å². The standard InChI is InChI=1S/C16H22N4O/c1-16(2,3)13-10-14(20-19-13)18-15(21)12(17)9-11-7-5-4-6-8-11/h4-8,10,12H,9,17H2,1-3H3,(H2,18,19,20,21)/t12-/m1/s1. The smallest absolute Gasteiger partial charge is 0.242 e. The highest BCUT2D eigenvalue weighted by molar-refractivity contribution is 5.94. The molecule has 2 rings (SSSR count). The Labute approximate surface area is 124 Å². The molecule has 0 saturated heterocycles. The minimum atomic E-state index is -0.595. The summed E-state index contributed by atoms with van der Waals surface area (Å²) >= 11 is 0. The molecular weight excluding hydrogens is 264 g/mol. The molecule has 4 N–H and O–H groups in total. The van der Waals surface area contributed by atoms with Crippen LogP contribution in [0.15, 0.2) is 36.4 Å². The van der Waals surface area contributed by atoms with Crippen molar-refractivity contribution >= 4 is 11.7 Å². The van der Waals surface area contributed by atoms with Crippen LogP contribution >= 0.6 is 0 Å². The Kier molecular flexibility index (Phi) is 4.43. The van der Waals surface area contributed by atoms with Crippen LogP contribution in [0.2, 0.25) is 0 Å². The van der Waals surface area contributed by atoms with Gasteiger partial charge in [-0.1, -0.05) is 51.1 Å². The summed E-state index contributed by atoms with van der Waals surface area (Å²) in [4.78, 5) is 12.1. The van der Waals surface area contributed by atoms with Crippen LogP contribution in [-0.2, 0) is 16.6 Å². The van der Waals surface area contributed by atoms with Crippen LogP contribution in [0.3, 0.4) is 0 Å². The highest BCUT2D eigenvalue weighted by Gasteiger charge is 2.19. The van der Waals surface area contributed by atoms with E-state index in [1.165, 1.54) is 0 Å². The number of carbonyl (C=O) groups excluding carboxylic acids is 1. The van der Waals surface area contributed by atoms with Crippen LogP contribution < -0.4 is 11.1 Å². The van der Waals surface area contributed by atoms with Gasteiger partial charge in [0.2, 0.25) is 5.91 Å². The maximum atomic E-state index is 12.1. The Hall–Kier alpha value is -2.14. The normalized spacial score (nSPS) is 13.0. The number of aromatic nitrogens is 2. The number of carbonyl (C=O) groups is 1. The largest absolute Gasteiger partial charge is 0.320 e. The molecule has 1 aromatic carbocycles. The zero-order chi connectivity index (χ0) is 15.5. The van der Waals surface area contributed by atoms with Crippen molar-refractivity contribution in [1.29, 1.82) is 0 Å². The molecular formula is C16H22N4O. The van der Waals surface area contributed by atoms with E-state index in [1.54, 1.807) is 0 Å². The molecule has 112 valence electrons. The van der Waals surface area contributed by atoms with Gasteiger partial charge in [0.05, 0.1) is 6.04 Å². The van der Waals surface area contributed by atoms with Crippen molar-refractivity contribution in [1.82, 2.24) is 10.2 Å². The van der Waals surface area contributed by atoms with Crippen LogP contribution in [0.25, 0.3) is 0 Å². The average molecular weight is 286 g/mol. The third-order valence-electron chi connectivity index (χ3n) is 3.27. The summed E-state index contributed by atoms with van der Waals surface area (Å²) in [5, 5.41) is 9.78. The minimum absolute atomic E-state index is 0.0396. The lowest BCUT2D eigenvalue weighted by Crippen LogP contribution is -2.37. The molecule has 1 amide bonds. The molecule has 1 heterocycles. The van der Waals surface area contributed by atoms with Gasteiger partial charge in [-0.3, -0.25) is 9.89 Å². The number of anilines is 1. The number of hydrogen-bond donors (Lipinski definition) is 3. The van der Waals surface area contributed by atoms with Crippen molar-refractivity contribution in [3.05, 3.63) is 47.7 Å². The lowest BCUT2D eigenvalue weighted by molar-refractivity contribution is -0.117. The van der Waals surface area contributed by atoms with Crippen LogP contribution in [0, 0.1) is 0 Å². The van der Waals surface area contributed by atoms with Gasteiger partial charge < -0.3 is 11.1 Å². The number of rotatable bonds is 4. The maximum absolute atomic E-state index is 12.1. The topological polar surface area (TPSA) is 83.8 Å². The molecule has 0 bridgehead atoms. The van der Waals surface area contributed by atoms with E-state index in [-0.39, 0.29) is 11.3 Å². The fourth-order valence-electron chi connectivity index (χ4n) is 1.95. The van der Waals surface area contributed by atoms with Crippen molar-refractivity contribution in [3.63, 3.8) is 0 Å². The van der Waals surface area contributed by atoms with Crippen LogP contribution in [0.5, 0.6) is 0 Å². The van der Waals surface area contributed by atoms with Gasteiger partial charge in [0.25, 0.3) is 0 Å². The molecule has 0 saturated carbocycles. The third kappa shape index (κ3) is 4.16. The number of H-pyrrole nitrogens is 1. The number of aromatic amines is 1. The summed E-state index contributed by atoms with van der Waals surface area (Å²) in [6.07, 6.45) is 0.503. The first-order valence-electron chi connectivity index (χ1n) is 7.02. The molecule has 0 unspecified atom stereocenters. The van der Waals surface area contributed by atoms with Crippen LogP contribution in [0.4, 0.5) is 5.82 Å². The molecule has 0 radical (unpaired) electrons. The third-order valence-corrected chi connectivity index (χ3v) is 3.27. The van der Waals surface area contributed by atoms with Gasteiger partial charge in [-0.2, -0.15) is 5.10 Å². The molecule has 1 aromatic heterocycles. The van der Waals surface area contributed by atoms with Gasteiger partial charge >= 0.3 is 0 Å². The second kappa shape index (κ2) is 6.10. The van der Waals surface area contributed by atoms with Gasteiger partial charge in [0.15, 0.2) is 5.82 Å². The number of nitrogens with two attached hydrogens (primary N) is 1. The highest BCUT2D eigenvalue weighted by Crippen LogP contribution is 2.21. The fraction of sp³-hybridized carbons (Fsp3) is 0.375. The Balaban J connectivity index is 1.96. The predicted octanol–water partition coefficient (Wildman–Crippen LogP) is 2.22. The van der Waals surface area contributed by atoms with Crippen molar-refractivity contribution in [2.45, 2.75) is 38.6 Å². The van der Waals surface area contributed by atoms with Gasteiger partial charge in [-0.05, 0) is 12.0 Å². The maximum Gasteiger partial charge on any atom is 0.242 e. The molecule has 0 aliphatic carbocycles. The fourth-order valence-corrected chi connectivity index (χ4v) is 1.95. The van der Waals surface area contributed by atoms with E-state index in [0.29, 0.717) is 12.2 Å².